The van der Waals surface area contributed by atoms with Gasteiger partial charge in [-0.3, -0.25) is 9.80 Å². The Bertz CT molecular complexity index is 551. The number of rotatable bonds is 4. The third-order valence-corrected chi connectivity index (χ3v) is 5.25. The molecule has 0 atom stereocenters. The number of nitrogens with zero attached hydrogens (tertiary/aromatic N) is 3. The first kappa shape index (κ1) is 18.0. The summed E-state index contributed by atoms with van der Waals surface area (Å²) in [6, 6.07) is 6.36. The molecule has 0 N–H and O–H groups in total. The molecule has 0 spiro atoms. The molecule has 0 aliphatic carbocycles. The van der Waals surface area contributed by atoms with E-state index in [0.717, 1.165) is 24.1 Å². The fourth-order valence-corrected chi connectivity index (χ4v) is 3.87. The van der Waals surface area contributed by atoms with Gasteiger partial charge >= 0.3 is 6.18 Å². The summed E-state index contributed by atoms with van der Waals surface area (Å²) in [5.41, 5.74) is 2.53. The van der Waals surface area contributed by atoms with Crippen LogP contribution in [0.1, 0.15) is 18.4 Å². The van der Waals surface area contributed by atoms with E-state index in [4.69, 9.17) is 0 Å². The summed E-state index contributed by atoms with van der Waals surface area (Å²) in [6.07, 6.45) is -1.65. The molecule has 0 bridgehead atoms. The molecule has 2 aliphatic heterocycles. The van der Waals surface area contributed by atoms with Crippen LogP contribution in [0.2, 0.25) is 0 Å². The number of benzene rings is 1. The maximum atomic E-state index is 12.5. The molecule has 0 radical (unpaired) electrons. The Balaban J connectivity index is 1.61. The summed E-state index contributed by atoms with van der Waals surface area (Å²) in [4.78, 5) is 6.18. The molecule has 2 fully saturated rings. The Morgan fingerprint density at radius 3 is 2.17 bits per heavy atom. The van der Waals surface area contributed by atoms with Crippen LogP contribution in [0.3, 0.4) is 0 Å². The largest absolute Gasteiger partial charge is 0.401 e. The minimum Gasteiger partial charge on any atom is -0.371 e. The van der Waals surface area contributed by atoms with Crippen LogP contribution in [0.25, 0.3) is 0 Å². The Morgan fingerprint density at radius 1 is 0.917 bits per heavy atom. The standard InChI is InChI=1S/C17H23BrF3N3/c18-15-4-3-14(16(11-15)24-5-1-2-6-24)12-22-7-9-23(10-8-22)13-17(19,20)21/h3-4,11H,1-2,5-10,12-13H2. The average Bonchev–Trinajstić information content (AvgIpc) is 3.04. The van der Waals surface area contributed by atoms with Crippen molar-refractivity contribution in [3.05, 3.63) is 28.2 Å². The van der Waals surface area contributed by atoms with Gasteiger partial charge in [-0.1, -0.05) is 22.0 Å². The van der Waals surface area contributed by atoms with Gasteiger partial charge in [0.25, 0.3) is 0 Å². The summed E-state index contributed by atoms with van der Waals surface area (Å²) < 4.78 is 38.5. The molecule has 2 saturated heterocycles. The second-order valence-electron chi connectivity index (χ2n) is 6.63. The normalized spacial score (nSPS) is 20.8. The Hall–Kier alpha value is -0.790. The van der Waals surface area contributed by atoms with Crippen molar-refractivity contribution in [1.82, 2.24) is 9.80 Å². The van der Waals surface area contributed by atoms with E-state index in [9.17, 15) is 13.2 Å². The first-order valence-electron chi connectivity index (χ1n) is 8.45. The van der Waals surface area contributed by atoms with Crippen LogP contribution in [0.15, 0.2) is 22.7 Å². The number of hydrogen-bond acceptors (Lipinski definition) is 3. The molecule has 3 rings (SSSR count). The van der Waals surface area contributed by atoms with E-state index in [0.29, 0.717) is 26.2 Å². The molecular weight excluding hydrogens is 383 g/mol. The maximum Gasteiger partial charge on any atom is 0.401 e. The van der Waals surface area contributed by atoms with Crippen molar-refractivity contribution < 1.29 is 13.2 Å². The van der Waals surface area contributed by atoms with Crippen LogP contribution in [0.5, 0.6) is 0 Å². The van der Waals surface area contributed by atoms with Crippen molar-refractivity contribution in [1.29, 1.82) is 0 Å². The summed E-state index contributed by atoms with van der Waals surface area (Å²) in [5.74, 6) is 0. The van der Waals surface area contributed by atoms with E-state index in [-0.39, 0.29) is 0 Å². The van der Waals surface area contributed by atoms with Crippen LogP contribution in [0.4, 0.5) is 18.9 Å². The summed E-state index contributed by atoms with van der Waals surface area (Å²) in [7, 11) is 0. The molecule has 1 aromatic carbocycles. The van der Waals surface area contributed by atoms with Crippen LogP contribution in [-0.4, -0.2) is 61.8 Å². The highest BCUT2D eigenvalue weighted by Gasteiger charge is 2.32. The minimum absolute atomic E-state index is 0.481. The van der Waals surface area contributed by atoms with Crippen molar-refractivity contribution in [2.24, 2.45) is 0 Å². The van der Waals surface area contributed by atoms with Crippen LogP contribution >= 0.6 is 15.9 Å². The molecule has 2 aliphatic rings. The Morgan fingerprint density at radius 2 is 1.54 bits per heavy atom. The van der Waals surface area contributed by atoms with Gasteiger partial charge in [-0.2, -0.15) is 13.2 Å². The van der Waals surface area contributed by atoms with Gasteiger partial charge in [0.05, 0.1) is 6.54 Å². The van der Waals surface area contributed by atoms with Gasteiger partial charge in [-0.25, -0.2) is 0 Å². The fourth-order valence-electron chi connectivity index (χ4n) is 3.52. The van der Waals surface area contributed by atoms with Gasteiger partial charge < -0.3 is 4.90 Å². The van der Waals surface area contributed by atoms with Gasteiger partial charge in [0.2, 0.25) is 0 Å². The van der Waals surface area contributed by atoms with E-state index >= 15 is 0 Å². The fraction of sp³-hybridized carbons (Fsp3) is 0.647. The van der Waals surface area contributed by atoms with Crippen molar-refractivity contribution in [2.75, 3.05) is 50.7 Å². The van der Waals surface area contributed by atoms with Crippen molar-refractivity contribution in [2.45, 2.75) is 25.6 Å². The third-order valence-electron chi connectivity index (χ3n) is 4.76. The molecule has 24 heavy (non-hydrogen) atoms. The smallest absolute Gasteiger partial charge is 0.371 e. The van der Waals surface area contributed by atoms with Gasteiger partial charge in [0, 0.05) is 56.0 Å². The van der Waals surface area contributed by atoms with Crippen LogP contribution < -0.4 is 4.90 Å². The lowest BCUT2D eigenvalue weighted by molar-refractivity contribution is -0.149. The lowest BCUT2D eigenvalue weighted by atomic mass is 10.1. The van der Waals surface area contributed by atoms with Gasteiger partial charge in [-0.05, 0) is 30.5 Å². The third kappa shape index (κ3) is 4.86. The Labute approximate surface area is 149 Å². The quantitative estimate of drug-likeness (QED) is 0.755. The van der Waals surface area contributed by atoms with Gasteiger partial charge in [0.1, 0.15) is 0 Å². The van der Waals surface area contributed by atoms with Crippen molar-refractivity contribution >= 4 is 21.6 Å². The second-order valence-corrected chi connectivity index (χ2v) is 7.55. The summed E-state index contributed by atoms with van der Waals surface area (Å²) in [5, 5.41) is 0. The first-order valence-corrected chi connectivity index (χ1v) is 9.25. The molecular formula is C17H23BrF3N3. The number of hydrogen-bond donors (Lipinski definition) is 0. The van der Waals surface area contributed by atoms with E-state index in [1.807, 2.05) is 0 Å². The van der Waals surface area contributed by atoms with Crippen molar-refractivity contribution in [3.63, 3.8) is 0 Å². The maximum absolute atomic E-state index is 12.5. The average molecular weight is 406 g/mol. The highest BCUT2D eigenvalue weighted by atomic mass is 79.9. The minimum atomic E-state index is -4.10. The first-order chi connectivity index (χ1) is 11.4. The molecule has 134 valence electrons. The molecule has 0 amide bonds. The van der Waals surface area contributed by atoms with E-state index in [2.05, 4.69) is 43.9 Å². The lowest BCUT2D eigenvalue weighted by Crippen LogP contribution is -2.48. The van der Waals surface area contributed by atoms with Crippen LogP contribution in [0, 0.1) is 0 Å². The zero-order chi connectivity index (χ0) is 17.2. The van der Waals surface area contributed by atoms with Gasteiger partial charge in [0.15, 0.2) is 0 Å². The number of halogens is 4. The molecule has 2 heterocycles. The highest BCUT2D eigenvalue weighted by Crippen LogP contribution is 2.29. The van der Waals surface area contributed by atoms with E-state index in [1.54, 1.807) is 0 Å². The van der Waals surface area contributed by atoms with E-state index < -0.39 is 12.7 Å². The monoisotopic (exact) mass is 405 g/mol. The molecule has 7 heteroatoms. The second kappa shape index (κ2) is 7.62. The molecule has 1 aromatic rings. The SMILES string of the molecule is FC(F)(F)CN1CCN(Cc2ccc(Br)cc2N2CCCC2)CC1. The predicted molar refractivity (Wildman–Crippen MR) is 93.4 cm³/mol. The zero-order valence-electron chi connectivity index (χ0n) is 13.7. The summed E-state index contributed by atoms with van der Waals surface area (Å²) in [6.45, 7) is 4.52. The van der Waals surface area contributed by atoms with Crippen molar-refractivity contribution in [3.8, 4) is 0 Å². The highest BCUT2D eigenvalue weighted by molar-refractivity contribution is 9.10. The summed E-state index contributed by atoms with van der Waals surface area (Å²) >= 11 is 3.55. The predicted octanol–water partition coefficient (Wildman–Crippen LogP) is 3.73. The van der Waals surface area contributed by atoms with Gasteiger partial charge in [-0.15, -0.1) is 0 Å². The van der Waals surface area contributed by atoms with Crippen LogP contribution in [-0.2, 0) is 6.54 Å². The number of anilines is 1. The number of piperazine rings is 1. The lowest BCUT2D eigenvalue weighted by Gasteiger charge is -2.35. The number of alkyl halides is 3. The molecule has 0 saturated carbocycles. The zero-order valence-corrected chi connectivity index (χ0v) is 15.2. The van der Waals surface area contributed by atoms with E-state index in [1.165, 1.54) is 29.0 Å². The molecule has 3 nitrogen and oxygen atoms in total. The molecule has 0 unspecified atom stereocenters. The Kier molecular flexibility index (Phi) is 5.72. The molecule has 0 aromatic heterocycles. The topological polar surface area (TPSA) is 9.72 Å².